The molecule has 3 heteroatoms. The summed E-state index contributed by atoms with van der Waals surface area (Å²) in [6.45, 7) is 7.00. The molecule has 2 aliphatic carbocycles. The summed E-state index contributed by atoms with van der Waals surface area (Å²) in [6, 6.07) is 9.80. The quantitative estimate of drug-likeness (QED) is 0.847. The fraction of sp³-hybridized carbons (Fsp3) is 0.556. The van der Waals surface area contributed by atoms with Crippen molar-refractivity contribution in [2.45, 2.75) is 46.5 Å². The molecule has 0 heterocycles. The van der Waals surface area contributed by atoms with Gasteiger partial charge in [-0.1, -0.05) is 51.1 Å². The maximum Gasteiger partial charge on any atom is 0.244 e. The fourth-order valence-electron chi connectivity index (χ4n) is 4.05. The average Bonchev–Trinajstić information content (AvgIpc) is 2.79. The average molecular weight is 284 g/mol. The molecule has 0 radical (unpaired) electrons. The number of carbonyl (C=O) groups excluding carboxylic acids is 1. The Kier molecular flexibility index (Phi) is 3.39. The number of nitrogens with one attached hydrogen (secondary N) is 1. The summed E-state index contributed by atoms with van der Waals surface area (Å²) in [7, 11) is 0. The van der Waals surface area contributed by atoms with Crippen molar-refractivity contribution in [3.63, 3.8) is 0 Å². The van der Waals surface area contributed by atoms with E-state index in [9.17, 15) is 4.79 Å². The molecule has 1 aromatic rings. The predicted molar refractivity (Wildman–Crippen MR) is 85.0 cm³/mol. The number of benzene rings is 1. The van der Waals surface area contributed by atoms with Crippen molar-refractivity contribution in [1.82, 2.24) is 5.43 Å². The van der Waals surface area contributed by atoms with E-state index in [1.165, 1.54) is 18.6 Å². The highest BCUT2D eigenvalue weighted by Crippen LogP contribution is 2.63. The lowest BCUT2D eigenvalue weighted by atomic mass is 9.70. The van der Waals surface area contributed by atoms with E-state index >= 15 is 0 Å². The first-order valence-corrected chi connectivity index (χ1v) is 7.83. The monoisotopic (exact) mass is 284 g/mol. The molecule has 21 heavy (non-hydrogen) atoms. The van der Waals surface area contributed by atoms with Crippen molar-refractivity contribution in [2.75, 3.05) is 0 Å². The van der Waals surface area contributed by atoms with Gasteiger partial charge in [0.25, 0.3) is 0 Å². The van der Waals surface area contributed by atoms with Crippen LogP contribution < -0.4 is 5.43 Å². The van der Waals surface area contributed by atoms with Gasteiger partial charge in [0, 0.05) is 11.1 Å². The van der Waals surface area contributed by atoms with E-state index in [-0.39, 0.29) is 11.3 Å². The van der Waals surface area contributed by atoms with E-state index < -0.39 is 0 Å². The Morgan fingerprint density at radius 1 is 1.29 bits per heavy atom. The van der Waals surface area contributed by atoms with Gasteiger partial charge < -0.3 is 0 Å². The van der Waals surface area contributed by atoms with Crippen molar-refractivity contribution in [3.05, 3.63) is 35.9 Å². The summed E-state index contributed by atoms with van der Waals surface area (Å²) < 4.78 is 0. The highest BCUT2D eigenvalue weighted by molar-refractivity contribution is 5.95. The first kappa shape index (κ1) is 14.3. The zero-order valence-corrected chi connectivity index (χ0v) is 13.1. The molecule has 0 aliphatic heterocycles. The lowest BCUT2D eigenvalue weighted by Gasteiger charge is -2.34. The van der Waals surface area contributed by atoms with Gasteiger partial charge >= 0.3 is 0 Å². The fourth-order valence-corrected chi connectivity index (χ4v) is 4.05. The van der Waals surface area contributed by atoms with Crippen LogP contribution in [-0.4, -0.2) is 11.6 Å². The van der Waals surface area contributed by atoms with Crippen molar-refractivity contribution in [1.29, 1.82) is 0 Å². The van der Waals surface area contributed by atoms with Gasteiger partial charge in [-0.15, -0.1) is 0 Å². The number of rotatable bonds is 3. The number of amides is 1. The van der Waals surface area contributed by atoms with Gasteiger partial charge in [0.05, 0.1) is 6.42 Å². The summed E-state index contributed by atoms with van der Waals surface area (Å²) in [4.78, 5) is 12.0. The number of hydrogen-bond acceptors (Lipinski definition) is 2. The molecular formula is C18H24N2O. The van der Waals surface area contributed by atoms with Crippen molar-refractivity contribution in [3.8, 4) is 0 Å². The summed E-state index contributed by atoms with van der Waals surface area (Å²) in [5, 5.41) is 4.49. The summed E-state index contributed by atoms with van der Waals surface area (Å²) in [5.41, 5.74) is 5.43. The third-order valence-electron chi connectivity index (χ3n) is 6.04. The molecular weight excluding hydrogens is 260 g/mol. The number of nitrogens with zero attached hydrogens (tertiary/aromatic N) is 1. The summed E-state index contributed by atoms with van der Waals surface area (Å²) in [6.07, 6.45) is 3.91. The molecule has 0 unspecified atom stereocenters. The van der Waals surface area contributed by atoms with Crippen LogP contribution in [0.5, 0.6) is 0 Å². The third-order valence-corrected chi connectivity index (χ3v) is 6.04. The van der Waals surface area contributed by atoms with Crippen LogP contribution >= 0.6 is 0 Å². The number of hydrazone groups is 1. The van der Waals surface area contributed by atoms with Gasteiger partial charge in [0.2, 0.25) is 5.91 Å². The maximum absolute atomic E-state index is 12.0. The molecule has 2 fully saturated rings. The molecule has 2 bridgehead atoms. The standard InChI is InChI=1S/C18H24N2O/c1-17(2)14-9-10-18(17,3)15(12-14)19-20-16(21)11-13-7-5-4-6-8-13/h4-8,14H,9-12H2,1-3H3,(H,20,21)/b19-15-/t14-,18-/m1/s1. The van der Waals surface area contributed by atoms with E-state index in [1.807, 2.05) is 30.3 Å². The molecule has 112 valence electrons. The van der Waals surface area contributed by atoms with Crippen LogP contribution in [-0.2, 0) is 11.2 Å². The number of hydrogen-bond donors (Lipinski definition) is 1. The van der Waals surface area contributed by atoms with E-state index in [4.69, 9.17) is 0 Å². The Labute approximate surface area is 126 Å². The Hall–Kier alpha value is -1.64. The van der Waals surface area contributed by atoms with E-state index in [0.717, 1.165) is 12.0 Å². The molecule has 2 atom stereocenters. The highest BCUT2D eigenvalue weighted by Gasteiger charge is 2.59. The number of fused-ring (bicyclic) bond motifs is 2. The molecule has 0 saturated heterocycles. The van der Waals surface area contributed by atoms with Gasteiger partial charge in [0.15, 0.2) is 0 Å². The molecule has 1 aromatic carbocycles. The van der Waals surface area contributed by atoms with E-state index in [0.29, 0.717) is 17.8 Å². The minimum Gasteiger partial charge on any atom is -0.273 e. The van der Waals surface area contributed by atoms with E-state index in [2.05, 4.69) is 31.3 Å². The van der Waals surface area contributed by atoms with Crippen LogP contribution in [0.4, 0.5) is 0 Å². The summed E-state index contributed by atoms with van der Waals surface area (Å²) >= 11 is 0. The molecule has 0 aromatic heterocycles. The minimum atomic E-state index is -0.0297. The molecule has 2 saturated carbocycles. The Bertz CT molecular complexity index is 576. The Balaban J connectivity index is 1.66. The van der Waals surface area contributed by atoms with Crippen LogP contribution in [0.25, 0.3) is 0 Å². The zero-order chi connectivity index (χ0) is 15.1. The molecule has 2 aliphatic rings. The lowest BCUT2D eigenvalue weighted by Crippen LogP contribution is -2.34. The maximum atomic E-state index is 12.0. The van der Waals surface area contributed by atoms with Crippen molar-refractivity contribution in [2.24, 2.45) is 21.8 Å². The second-order valence-corrected chi connectivity index (χ2v) is 7.25. The van der Waals surface area contributed by atoms with Crippen molar-refractivity contribution < 1.29 is 4.79 Å². The van der Waals surface area contributed by atoms with Gasteiger partial charge in [-0.25, -0.2) is 5.43 Å². The van der Waals surface area contributed by atoms with E-state index in [1.54, 1.807) is 0 Å². The number of carbonyl (C=O) groups is 1. The second-order valence-electron chi connectivity index (χ2n) is 7.25. The molecule has 3 rings (SSSR count). The molecule has 1 N–H and O–H groups in total. The van der Waals surface area contributed by atoms with Crippen LogP contribution in [0.2, 0.25) is 0 Å². The minimum absolute atomic E-state index is 0.0297. The van der Waals surface area contributed by atoms with Crippen LogP contribution in [0.1, 0.15) is 45.6 Å². The lowest BCUT2D eigenvalue weighted by molar-refractivity contribution is -0.120. The van der Waals surface area contributed by atoms with Gasteiger partial charge in [0.1, 0.15) is 0 Å². The molecule has 0 spiro atoms. The first-order chi connectivity index (χ1) is 9.93. The van der Waals surface area contributed by atoms with Crippen LogP contribution in [0, 0.1) is 16.7 Å². The second kappa shape index (κ2) is 4.97. The van der Waals surface area contributed by atoms with Gasteiger partial charge in [-0.05, 0) is 36.2 Å². The third kappa shape index (κ3) is 2.29. The van der Waals surface area contributed by atoms with Gasteiger partial charge in [-0.2, -0.15) is 5.10 Å². The van der Waals surface area contributed by atoms with Crippen LogP contribution in [0.3, 0.4) is 0 Å². The topological polar surface area (TPSA) is 41.5 Å². The Morgan fingerprint density at radius 3 is 2.57 bits per heavy atom. The largest absolute Gasteiger partial charge is 0.273 e. The predicted octanol–water partition coefficient (Wildman–Crippen LogP) is 3.55. The zero-order valence-electron chi connectivity index (χ0n) is 13.1. The SMILES string of the molecule is CC1(C)[C@@H]2CC[C@]1(C)/C(=N\NC(=O)Cc1ccccc1)C2. The van der Waals surface area contributed by atoms with Gasteiger partial charge in [-0.3, -0.25) is 4.79 Å². The highest BCUT2D eigenvalue weighted by atomic mass is 16.2. The Morgan fingerprint density at radius 2 is 2.00 bits per heavy atom. The van der Waals surface area contributed by atoms with Crippen molar-refractivity contribution >= 4 is 11.6 Å². The smallest absolute Gasteiger partial charge is 0.244 e. The molecule has 1 amide bonds. The summed E-state index contributed by atoms with van der Waals surface area (Å²) in [5.74, 6) is 0.685. The normalized spacial score (nSPS) is 31.6. The van der Waals surface area contributed by atoms with Crippen LogP contribution in [0.15, 0.2) is 35.4 Å². The molecule has 3 nitrogen and oxygen atoms in total. The first-order valence-electron chi connectivity index (χ1n) is 7.83.